The number of oxazole rings is 1. The largest absolute Gasteiger partial charge is 0.443 e. The molecule has 2 aromatic heterocycles. The average Bonchev–Trinajstić information content (AvgIpc) is 3.32. The fraction of sp³-hybridized carbons (Fsp3) is 0.294. The van der Waals surface area contributed by atoms with Gasteiger partial charge in [0, 0.05) is 44.1 Å². The number of nitrogens with one attached hydrogen (secondary N) is 1. The second-order valence-electron chi connectivity index (χ2n) is 6.14. The van der Waals surface area contributed by atoms with E-state index in [0.717, 1.165) is 5.69 Å². The zero-order valence-electron chi connectivity index (χ0n) is 14.0. The molecular weight excluding hydrogens is 356 g/mol. The molecule has 1 fully saturated rings. The van der Waals surface area contributed by atoms with Gasteiger partial charge in [0.05, 0.1) is 11.3 Å². The van der Waals surface area contributed by atoms with E-state index < -0.39 is 10.0 Å². The third kappa shape index (κ3) is 3.11. The van der Waals surface area contributed by atoms with Gasteiger partial charge in [0.1, 0.15) is 5.52 Å². The third-order valence-corrected chi connectivity index (χ3v) is 6.43. The van der Waals surface area contributed by atoms with E-state index in [1.807, 2.05) is 12.1 Å². The first-order chi connectivity index (χ1) is 12.5. The van der Waals surface area contributed by atoms with Crippen LogP contribution in [0.3, 0.4) is 0 Å². The Morgan fingerprint density at radius 1 is 1.19 bits per heavy atom. The lowest BCUT2D eigenvalue weighted by atomic mass is 10.2. The summed E-state index contributed by atoms with van der Waals surface area (Å²) in [4.78, 5) is 21.2. The van der Waals surface area contributed by atoms with Crippen LogP contribution >= 0.6 is 0 Å². The van der Waals surface area contributed by atoms with Crippen molar-refractivity contribution in [3.63, 3.8) is 0 Å². The number of amides is 1. The first-order valence-electron chi connectivity index (χ1n) is 8.27. The fourth-order valence-electron chi connectivity index (χ4n) is 3.08. The van der Waals surface area contributed by atoms with Crippen LogP contribution in [0.2, 0.25) is 0 Å². The van der Waals surface area contributed by atoms with Crippen molar-refractivity contribution in [3.8, 4) is 0 Å². The van der Waals surface area contributed by atoms with E-state index in [1.165, 1.54) is 22.8 Å². The van der Waals surface area contributed by atoms with E-state index in [4.69, 9.17) is 4.42 Å². The summed E-state index contributed by atoms with van der Waals surface area (Å²) in [5.41, 5.74) is 1.90. The van der Waals surface area contributed by atoms with Crippen LogP contribution in [-0.2, 0) is 21.2 Å². The first kappa shape index (κ1) is 16.8. The highest BCUT2D eigenvalue weighted by Gasteiger charge is 2.30. The zero-order chi connectivity index (χ0) is 18.1. The van der Waals surface area contributed by atoms with Crippen molar-refractivity contribution in [2.75, 3.05) is 26.2 Å². The number of rotatable bonds is 4. The maximum absolute atomic E-state index is 12.8. The van der Waals surface area contributed by atoms with Gasteiger partial charge in [0.15, 0.2) is 12.0 Å². The Kier molecular flexibility index (Phi) is 4.25. The molecule has 9 heteroatoms. The van der Waals surface area contributed by atoms with Gasteiger partial charge < -0.3 is 14.3 Å². The van der Waals surface area contributed by atoms with E-state index in [0.29, 0.717) is 30.6 Å². The van der Waals surface area contributed by atoms with E-state index in [9.17, 15) is 13.2 Å². The predicted molar refractivity (Wildman–Crippen MR) is 93.8 cm³/mol. The molecule has 0 saturated carbocycles. The highest BCUT2D eigenvalue weighted by atomic mass is 32.2. The average molecular weight is 374 g/mol. The van der Waals surface area contributed by atoms with Gasteiger partial charge in [-0.2, -0.15) is 4.31 Å². The monoisotopic (exact) mass is 374 g/mol. The Morgan fingerprint density at radius 2 is 2.00 bits per heavy atom. The van der Waals surface area contributed by atoms with E-state index in [-0.39, 0.29) is 23.9 Å². The number of aromatic nitrogens is 2. The van der Waals surface area contributed by atoms with Crippen LogP contribution in [0.4, 0.5) is 0 Å². The van der Waals surface area contributed by atoms with Crippen LogP contribution in [0.25, 0.3) is 11.1 Å². The van der Waals surface area contributed by atoms with Crippen LogP contribution in [-0.4, -0.2) is 59.7 Å². The summed E-state index contributed by atoms with van der Waals surface area (Å²) in [6.07, 6.45) is 3.36. The molecule has 1 aromatic carbocycles. The molecule has 26 heavy (non-hydrogen) atoms. The number of benzene rings is 1. The van der Waals surface area contributed by atoms with Gasteiger partial charge in [-0.3, -0.25) is 4.79 Å². The number of hydrogen-bond acceptors (Lipinski definition) is 5. The van der Waals surface area contributed by atoms with Crippen LogP contribution in [0.15, 0.2) is 52.2 Å². The minimum Gasteiger partial charge on any atom is -0.443 e. The molecule has 1 saturated heterocycles. The molecule has 136 valence electrons. The molecule has 1 amide bonds. The quantitative estimate of drug-likeness (QED) is 0.740. The lowest BCUT2D eigenvalue weighted by Gasteiger charge is -2.34. The lowest BCUT2D eigenvalue weighted by molar-refractivity contribution is -0.131. The molecule has 4 rings (SSSR count). The van der Waals surface area contributed by atoms with Crippen molar-refractivity contribution in [3.05, 3.63) is 48.6 Å². The predicted octanol–water partition coefficient (Wildman–Crippen LogP) is 1.23. The molecule has 0 aliphatic carbocycles. The zero-order valence-corrected chi connectivity index (χ0v) is 14.8. The summed E-state index contributed by atoms with van der Waals surface area (Å²) in [7, 11) is -3.63. The molecule has 0 bridgehead atoms. The fourth-order valence-corrected chi connectivity index (χ4v) is 4.51. The third-order valence-electron chi connectivity index (χ3n) is 4.54. The lowest BCUT2D eigenvalue weighted by Crippen LogP contribution is -2.50. The standard InChI is InChI=1S/C17H18N4O4S/c22-17(10-13-2-1-5-18-13)20-6-8-21(9-7-20)26(23,24)14-3-4-15-16(11-14)25-12-19-15/h1-5,11-12,18H,6-10H2. The summed E-state index contributed by atoms with van der Waals surface area (Å²) in [6, 6.07) is 8.35. The minimum absolute atomic E-state index is 0.00687. The molecule has 0 atom stereocenters. The molecule has 8 nitrogen and oxygen atoms in total. The Bertz CT molecular complexity index is 1020. The second kappa shape index (κ2) is 6.58. The Morgan fingerprint density at radius 3 is 2.73 bits per heavy atom. The number of H-pyrrole nitrogens is 1. The highest BCUT2D eigenvalue weighted by molar-refractivity contribution is 7.89. The van der Waals surface area contributed by atoms with Gasteiger partial charge in [-0.15, -0.1) is 0 Å². The Hall–Kier alpha value is -2.65. The van der Waals surface area contributed by atoms with Crippen molar-refractivity contribution in [1.29, 1.82) is 0 Å². The van der Waals surface area contributed by atoms with Gasteiger partial charge in [0.25, 0.3) is 0 Å². The van der Waals surface area contributed by atoms with E-state index in [2.05, 4.69) is 9.97 Å². The van der Waals surface area contributed by atoms with Crippen LogP contribution in [0.1, 0.15) is 5.69 Å². The van der Waals surface area contributed by atoms with Crippen molar-refractivity contribution in [1.82, 2.24) is 19.2 Å². The summed E-state index contributed by atoms with van der Waals surface area (Å²) in [5, 5.41) is 0. The molecule has 0 radical (unpaired) electrons. The van der Waals surface area contributed by atoms with Gasteiger partial charge in [-0.05, 0) is 24.3 Å². The minimum atomic E-state index is -3.63. The molecular formula is C17H18N4O4S. The highest BCUT2D eigenvalue weighted by Crippen LogP contribution is 2.22. The summed E-state index contributed by atoms with van der Waals surface area (Å²) in [5.74, 6) is -0.00687. The van der Waals surface area contributed by atoms with Crippen molar-refractivity contribution in [2.45, 2.75) is 11.3 Å². The Labute approximate surface area is 150 Å². The number of sulfonamides is 1. The second-order valence-corrected chi connectivity index (χ2v) is 8.08. The van der Waals surface area contributed by atoms with Gasteiger partial charge in [-0.1, -0.05) is 0 Å². The topological polar surface area (TPSA) is 99.5 Å². The van der Waals surface area contributed by atoms with Gasteiger partial charge in [0.2, 0.25) is 15.9 Å². The Balaban J connectivity index is 1.44. The molecule has 1 aliphatic heterocycles. The van der Waals surface area contributed by atoms with Crippen LogP contribution in [0.5, 0.6) is 0 Å². The molecule has 3 heterocycles. The van der Waals surface area contributed by atoms with Crippen molar-refractivity contribution >= 4 is 27.0 Å². The smallest absolute Gasteiger partial charge is 0.243 e. The van der Waals surface area contributed by atoms with Gasteiger partial charge in [-0.25, -0.2) is 13.4 Å². The van der Waals surface area contributed by atoms with Crippen molar-refractivity contribution in [2.24, 2.45) is 0 Å². The summed E-state index contributed by atoms with van der Waals surface area (Å²) in [6.45, 7) is 1.30. The number of nitrogens with zero attached hydrogens (tertiary/aromatic N) is 3. The maximum Gasteiger partial charge on any atom is 0.243 e. The molecule has 1 aliphatic rings. The van der Waals surface area contributed by atoms with E-state index >= 15 is 0 Å². The normalized spacial score (nSPS) is 16.2. The van der Waals surface area contributed by atoms with E-state index in [1.54, 1.807) is 17.2 Å². The molecule has 3 aromatic rings. The number of hydrogen-bond donors (Lipinski definition) is 1. The molecule has 0 spiro atoms. The number of piperazine rings is 1. The molecule has 0 unspecified atom stereocenters. The van der Waals surface area contributed by atoms with Crippen molar-refractivity contribution < 1.29 is 17.6 Å². The number of carbonyl (C=O) groups excluding carboxylic acids is 1. The molecule has 1 N–H and O–H groups in total. The summed E-state index contributed by atoms with van der Waals surface area (Å²) >= 11 is 0. The number of fused-ring (bicyclic) bond motifs is 1. The number of carbonyl (C=O) groups is 1. The summed E-state index contributed by atoms with van der Waals surface area (Å²) < 4.78 is 32.3. The maximum atomic E-state index is 12.8. The number of aromatic amines is 1. The van der Waals surface area contributed by atoms with Gasteiger partial charge >= 0.3 is 0 Å². The SMILES string of the molecule is O=C(Cc1ccc[nH]1)N1CCN(S(=O)(=O)c2ccc3ncoc3c2)CC1. The first-order valence-corrected chi connectivity index (χ1v) is 9.71. The van der Waals surface area contributed by atoms with Crippen LogP contribution < -0.4 is 0 Å². The van der Waals surface area contributed by atoms with Crippen LogP contribution in [0, 0.1) is 0 Å².